The van der Waals surface area contributed by atoms with Crippen LogP contribution < -0.4 is 5.32 Å². The lowest BCUT2D eigenvalue weighted by Crippen LogP contribution is -2.13. The van der Waals surface area contributed by atoms with Crippen molar-refractivity contribution in [3.8, 4) is 11.8 Å². The van der Waals surface area contributed by atoms with Crippen LogP contribution in [0.15, 0.2) is 36.9 Å². The number of aliphatic hydroxyl groups is 1. The Hall–Kier alpha value is -2.78. The Morgan fingerprint density at radius 2 is 2.20 bits per heavy atom. The molecule has 0 aliphatic heterocycles. The van der Waals surface area contributed by atoms with Crippen molar-refractivity contribution in [2.24, 2.45) is 0 Å². The minimum atomic E-state index is -0.620. The number of aliphatic hydroxyl groups excluding tert-OH is 1. The molecule has 20 heavy (non-hydrogen) atoms. The molecule has 0 unspecified atom stereocenters. The maximum Gasteiger partial charge on any atom is 0.257 e. The van der Waals surface area contributed by atoms with Crippen LogP contribution >= 0.6 is 0 Å². The summed E-state index contributed by atoms with van der Waals surface area (Å²) in [5.41, 5.74) is 0.768. The lowest BCUT2D eigenvalue weighted by atomic mass is 10.2. The molecule has 0 saturated carbocycles. The molecule has 0 spiro atoms. The number of anilines is 1. The Kier molecular flexibility index (Phi) is 4.37. The Morgan fingerprint density at radius 1 is 1.35 bits per heavy atom. The van der Waals surface area contributed by atoms with E-state index in [-0.39, 0.29) is 17.9 Å². The van der Waals surface area contributed by atoms with E-state index in [1.54, 1.807) is 0 Å². The number of pyridine rings is 2. The summed E-state index contributed by atoms with van der Waals surface area (Å²) in [5, 5.41) is 11.0. The van der Waals surface area contributed by atoms with E-state index in [1.165, 1.54) is 30.7 Å². The zero-order valence-electron chi connectivity index (χ0n) is 10.3. The first kappa shape index (κ1) is 13.6. The molecular formula is C14H10FN3O2. The van der Waals surface area contributed by atoms with E-state index in [0.717, 1.165) is 6.20 Å². The maximum absolute atomic E-state index is 13.4. The Morgan fingerprint density at radius 3 is 2.95 bits per heavy atom. The number of nitrogens with one attached hydrogen (secondary N) is 1. The van der Waals surface area contributed by atoms with Gasteiger partial charge in [0.1, 0.15) is 6.61 Å². The second kappa shape index (κ2) is 6.41. The van der Waals surface area contributed by atoms with Gasteiger partial charge >= 0.3 is 0 Å². The molecule has 5 nitrogen and oxygen atoms in total. The van der Waals surface area contributed by atoms with E-state index in [2.05, 4.69) is 27.1 Å². The molecule has 1 amide bonds. The number of halogens is 1. The van der Waals surface area contributed by atoms with E-state index >= 15 is 0 Å². The molecule has 0 atom stereocenters. The lowest BCUT2D eigenvalue weighted by Gasteiger charge is -2.05. The Labute approximate surface area is 114 Å². The van der Waals surface area contributed by atoms with Gasteiger partial charge in [-0.25, -0.2) is 4.39 Å². The fourth-order valence-electron chi connectivity index (χ4n) is 1.45. The van der Waals surface area contributed by atoms with Crippen molar-refractivity contribution in [2.45, 2.75) is 0 Å². The molecule has 2 rings (SSSR count). The van der Waals surface area contributed by atoms with E-state index in [4.69, 9.17) is 5.11 Å². The standard InChI is InChI=1S/C14H10FN3O2/c15-12-9-16-4-3-13(12)18-14(20)11-6-10(2-1-5-19)7-17-8-11/h3-4,6-9,19H,5H2,(H,16,18,20). The molecule has 2 N–H and O–H groups in total. The topological polar surface area (TPSA) is 75.1 Å². The summed E-state index contributed by atoms with van der Waals surface area (Å²) in [6, 6.07) is 2.86. The third kappa shape index (κ3) is 3.37. The number of amides is 1. The van der Waals surface area contributed by atoms with Crippen molar-refractivity contribution in [1.29, 1.82) is 0 Å². The molecule has 0 bridgehead atoms. The molecule has 100 valence electrons. The fourth-order valence-corrected chi connectivity index (χ4v) is 1.45. The normalized spacial score (nSPS) is 9.50. The van der Waals surface area contributed by atoms with Gasteiger partial charge in [0, 0.05) is 24.2 Å². The molecule has 0 aromatic carbocycles. The van der Waals surface area contributed by atoms with Crippen molar-refractivity contribution in [3.63, 3.8) is 0 Å². The number of carbonyl (C=O) groups is 1. The summed E-state index contributed by atoms with van der Waals surface area (Å²) < 4.78 is 13.4. The monoisotopic (exact) mass is 271 g/mol. The van der Waals surface area contributed by atoms with Crippen LogP contribution in [0.1, 0.15) is 15.9 Å². The molecule has 0 aliphatic carbocycles. The van der Waals surface area contributed by atoms with Gasteiger partial charge in [0.2, 0.25) is 0 Å². The van der Waals surface area contributed by atoms with Crippen LogP contribution in [0.3, 0.4) is 0 Å². The van der Waals surface area contributed by atoms with Gasteiger partial charge in [0.25, 0.3) is 5.91 Å². The van der Waals surface area contributed by atoms with Gasteiger partial charge in [0.05, 0.1) is 17.4 Å². The van der Waals surface area contributed by atoms with E-state index in [0.29, 0.717) is 5.56 Å². The predicted molar refractivity (Wildman–Crippen MR) is 70.3 cm³/mol. The third-order valence-electron chi connectivity index (χ3n) is 2.33. The highest BCUT2D eigenvalue weighted by Crippen LogP contribution is 2.12. The summed E-state index contributed by atoms with van der Waals surface area (Å²) in [5.74, 6) is 3.97. The first-order valence-electron chi connectivity index (χ1n) is 5.66. The van der Waals surface area contributed by atoms with Gasteiger partial charge in [-0.05, 0) is 12.1 Å². The minimum absolute atomic E-state index is 0.0387. The first-order chi connectivity index (χ1) is 9.70. The van der Waals surface area contributed by atoms with Crippen molar-refractivity contribution in [2.75, 3.05) is 11.9 Å². The summed E-state index contributed by atoms with van der Waals surface area (Å²) in [7, 11) is 0. The molecule has 2 aromatic heterocycles. The third-order valence-corrected chi connectivity index (χ3v) is 2.33. The van der Waals surface area contributed by atoms with Gasteiger partial charge in [-0.1, -0.05) is 11.8 Å². The molecule has 2 aromatic rings. The van der Waals surface area contributed by atoms with E-state index in [9.17, 15) is 9.18 Å². The average molecular weight is 271 g/mol. The molecule has 6 heteroatoms. The summed E-state index contributed by atoms with van der Waals surface area (Å²) in [6.07, 6.45) is 5.20. The smallest absolute Gasteiger partial charge is 0.257 e. The van der Waals surface area contributed by atoms with Gasteiger partial charge in [-0.15, -0.1) is 0 Å². The van der Waals surface area contributed by atoms with Gasteiger partial charge in [-0.2, -0.15) is 0 Å². The van der Waals surface area contributed by atoms with Crippen LogP contribution in [0, 0.1) is 17.7 Å². The maximum atomic E-state index is 13.4. The molecule has 0 saturated heterocycles. The van der Waals surface area contributed by atoms with Crippen LogP contribution in [0.5, 0.6) is 0 Å². The summed E-state index contributed by atoms with van der Waals surface area (Å²) in [4.78, 5) is 19.4. The first-order valence-corrected chi connectivity index (χ1v) is 5.66. The molecule has 0 radical (unpaired) electrons. The molecular weight excluding hydrogens is 261 g/mol. The molecule has 0 fully saturated rings. The van der Waals surface area contributed by atoms with Crippen LogP contribution in [0.4, 0.5) is 10.1 Å². The van der Waals surface area contributed by atoms with Gasteiger partial charge in [-0.3, -0.25) is 14.8 Å². The second-order valence-electron chi connectivity index (χ2n) is 3.73. The quantitative estimate of drug-likeness (QED) is 0.805. The van der Waals surface area contributed by atoms with Crippen molar-refractivity contribution >= 4 is 11.6 Å². The number of carbonyl (C=O) groups excluding carboxylic acids is 1. The second-order valence-corrected chi connectivity index (χ2v) is 3.73. The van der Waals surface area contributed by atoms with Crippen LogP contribution in [-0.4, -0.2) is 27.6 Å². The van der Waals surface area contributed by atoms with E-state index < -0.39 is 11.7 Å². The SMILES string of the molecule is O=C(Nc1ccncc1F)c1cncc(C#CCO)c1. The van der Waals surface area contributed by atoms with Crippen molar-refractivity contribution in [3.05, 3.63) is 53.9 Å². The van der Waals surface area contributed by atoms with Crippen molar-refractivity contribution in [1.82, 2.24) is 9.97 Å². The van der Waals surface area contributed by atoms with Crippen LogP contribution in [0.2, 0.25) is 0 Å². The van der Waals surface area contributed by atoms with Crippen LogP contribution in [-0.2, 0) is 0 Å². The van der Waals surface area contributed by atoms with Crippen molar-refractivity contribution < 1.29 is 14.3 Å². The zero-order chi connectivity index (χ0) is 14.4. The highest BCUT2D eigenvalue weighted by molar-refractivity contribution is 6.04. The zero-order valence-corrected chi connectivity index (χ0v) is 10.3. The fraction of sp³-hybridized carbons (Fsp3) is 0.0714. The highest BCUT2D eigenvalue weighted by atomic mass is 19.1. The van der Waals surface area contributed by atoms with Gasteiger partial charge < -0.3 is 10.4 Å². The highest BCUT2D eigenvalue weighted by Gasteiger charge is 2.09. The predicted octanol–water partition coefficient (Wildman–Crippen LogP) is 1.21. The Balaban J connectivity index is 2.19. The number of rotatable bonds is 2. The average Bonchev–Trinajstić information content (AvgIpc) is 2.48. The number of nitrogens with zero attached hydrogens (tertiary/aromatic N) is 2. The summed E-state index contributed by atoms with van der Waals surface area (Å²) in [6.45, 7) is -0.279. The number of aromatic nitrogens is 2. The Bertz CT molecular complexity index is 692. The number of hydrogen-bond acceptors (Lipinski definition) is 4. The lowest BCUT2D eigenvalue weighted by molar-refractivity contribution is 0.102. The minimum Gasteiger partial charge on any atom is -0.384 e. The largest absolute Gasteiger partial charge is 0.384 e. The number of hydrogen-bond donors (Lipinski definition) is 2. The van der Waals surface area contributed by atoms with Gasteiger partial charge in [0.15, 0.2) is 5.82 Å². The molecule has 0 aliphatic rings. The summed E-state index contributed by atoms with van der Waals surface area (Å²) >= 11 is 0. The van der Waals surface area contributed by atoms with E-state index in [1.807, 2.05) is 0 Å². The molecule has 2 heterocycles. The van der Waals surface area contributed by atoms with Crippen LogP contribution in [0.25, 0.3) is 0 Å².